The van der Waals surface area contributed by atoms with Gasteiger partial charge in [0.1, 0.15) is 0 Å². The molecule has 106 valence electrons. The molecule has 0 radical (unpaired) electrons. The number of rotatable bonds is 3. The molecular formula is C15H29NO2. The lowest BCUT2D eigenvalue weighted by Gasteiger charge is -2.61. The summed E-state index contributed by atoms with van der Waals surface area (Å²) < 4.78 is 11.2. The molecule has 3 nitrogen and oxygen atoms in total. The highest BCUT2D eigenvalue weighted by atomic mass is 16.8. The van der Waals surface area contributed by atoms with E-state index in [1.807, 2.05) is 0 Å². The predicted molar refractivity (Wildman–Crippen MR) is 73.3 cm³/mol. The van der Waals surface area contributed by atoms with Gasteiger partial charge in [-0.2, -0.15) is 0 Å². The minimum atomic E-state index is 0.0328. The second-order valence-electron chi connectivity index (χ2n) is 6.60. The fraction of sp³-hybridized carbons (Fsp3) is 1.00. The maximum absolute atomic E-state index is 5.61. The van der Waals surface area contributed by atoms with Crippen molar-refractivity contribution in [3.63, 3.8) is 0 Å². The first kappa shape index (κ1) is 14.3. The molecule has 0 saturated carbocycles. The van der Waals surface area contributed by atoms with Gasteiger partial charge in [0.05, 0.1) is 0 Å². The third-order valence-electron chi connectivity index (χ3n) is 6.17. The Morgan fingerprint density at radius 1 is 1.17 bits per heavy atom. The highest BCUT2D eigenvalue weighted by Gasteiger charge is 2.53. The van der Waals surface area contributed by atoms with Gasteiger partial charge in [-0.05, 0) is 46.1 Å². The van der Waals surface area contributed by atoms with Crippen LogP contribution in [0.25, 0.3) is 0 Å². The molecule has 0 aromatic rings. The fourth-order valence-electron chi connectivity index (χ4n) is 3.87. The van der Waals surface area contributed by atoms with E-state index >= 15 is 0 Å². The summed E-state index contributed by atoms with van der Waals surface area (Å²) in [6.45, 7) is 12.2. The van der Waals surface area contributed by atoms with Crippen LogP contribution in [0.5, 0.6) is 0 Å². The van der Waals surface area contributed by atoms with Gasteiger partial charge in [0, 0.05) is 17.0 Å². The van der Waals surface area contributed by atoms with E-state index in [-0.39, 0.29) is 17.4 Å². The van der Waals surface area contributed by atoms with Crippen LogP contribution in [0.3, 0.4) is 0 Å². The van der Waals surface area contributed by atoms with Crippen LogP contribution in [-0.4, -0.2) is 36.1 Å². The summed E-state index contributed by atoms with van der Waals surface area (Å²) in [5, 5.41) is 0. The van der Waals surface area contributed by atoms with Gasteiger partial charge in [0.25, 0.3) is 0 Å². The molecule has 0 N–H and O–H groups in total. The average Bonchev–Trinajstić information content (AvgIpc) is 2.31. The Labute approximate surface area is 112 Å². The molecule has 2 aliphatic heterocycles. The van der Waals surface area contributed by atoms with E-state index in [1.165, 1.54) is 19.3 Å². The Bertz CT molecular complexity index is 305. The molecule has 0 spiro atoms. The SMILES string of the molecule is CCC1(C)CC(C2OCO2)C(C)C(C)(CC)N1C. The Balaban J connectivity index is 2.29. The van der Waals surface area contributed by atoms with Crippen molar-refractivity contribution in [2.45, 2.75) is 71.2 Å². The maximum atomic E-state index is 5.61. The van der Waals surface area contributed by atoms with Crippen LogP contribution in [0.4, 0.5) is 0 Å². The predicted octanol–water partition coefficient (Wildman–Crippen LogP) is 3.24. The van der Waals surface area contributed by atoms with E-state index in [1.54, 1.807) is 0 Å². The van der Waals surface area contributed by atoms with Gasteiger partial charge in [0.15, 0.2) is 13.1 Å². The van der Waals surface area contributed by atoms with Gasteiger partial charge >= 0.3 is 0 Å². The molecule has 2 saturated heterocycles. The number of nitrogens with zero attached hydrogens (tertiary/aromatic N) is 1. The van der Waals surface area contributed by atoms with Crippen molar-refractivity contribution in [3.05, 3.63) is 0 Å². The van der Waals surface area contributed by atoms with Crippen molar-refractivity contribution in [1.82, 2.24) is 4.90 Å². The molecule has 4 unspecified atom stereocenters. The molecule has 0 aliphatic carbocycles. The number of likely N-dealkylation sites (tertiary alicyclic amines) is 1. The first-order valence-electron chi connectivity index (χ1n) is 7.36. The van der Waals surface area contributed by atoms with Crippen molar-refractivity contribution in [2.24, 2.45) is 11.8 Å². The summed E-state index contributed by atoms with van der Waals surface area (Å²) >= 11 is 0. The normalized spacial score (nSPS) is 47.0. The molecule has 0 bridgehead atoms. The highest BCUT2D eigenvalue weighted by Crippen LogP contribution is 2.49. The molecule has 2 heterocycles. The molecule has 0 aromatic carbocycles. The van der Waals surface area contributed by atoms with Crippen molar-refractivity contribution >= 4 is 0 Å². The standard InChI is InChI=1S/C15H29NO2/c1-7-14(4)9-12(13-17-10-18-13)11(3)15(5,8-2)16(14)6/h11-13H,7-10H2,1-6H3. The average molecular weight is 255 g/mol. The molecule has 2 rings (SSSR count). The smallest absolute Gasteiger partial charge is 0.166 e. The molecule has 0 aromatic heterocycles. The second-order valence-corrected chi connectivity index (χ2v) is 6.60. The molecule has 2 aliphatic rings. The summed E-state index contributed by atoms with van der Waals surface area (Å²) in [4.78, 5) is 2.61. The molecule has 18 heavy (non-hydrogen) atoms. The molecule has 0 amide bonds. The van der Waals surface area contributed by atoms with Gasteiger partial charge in [-0.3, -0.25) is 4.90 Å². The van der Waals surface area contributed by atoms with Crippen molar-refractivity contribution < 1.29 is 9.47 Å². The zero-order valence-corrected chi connectivity index (χ0v) is 12.8. The van der Waals surface area contributed by atoms with Crippen LogP contribution in [0.2, 0.25) is 0 Å². The third-order valence-corrected chi connectivity index (χ3v) is 6.17. The lowest BCUT2D eigenvalue weighted by Crippen LogP contribution is -2.67. The summed E-state index contributed by atoms with van der Waals surface area (Å²) in [6, 6.07) is 0. The van der Waals surface area contributed by atoms with Crippen LogP contribution >= 0.6 is 0 Å². The van der Waals surface area contributed by atoms with Crippen molar-refractivity contribution in [3.8, 4) is 0 Å². The first-order valence-corrected chi connectivity index (χ1v) is 7.36. The van der Waals surface area contributed by atoms with Crippen LogP contribution in [-0.2, 0) is 9.47 Å². The minimum absolute atomic E-state index is 0.0328. The van der Waals surface area contributed by atoms with Gasteiger partial charge in [-0.15, -0.1) is 0 Å². The van der Waals surface area contributed by atoms with Crippen LogP contribution in [0, 0.1) is 11.8 Å². The minimum Gasteiger partial charge on any atom is -0.326 e. The van der Waals surface area contributed by atoms with Crippen LogP contribution in [0.1, 0.15) is 53.9 Å². The zero-order chi connectivity index (χ0) is 13.6. The number of ether oxygens (including phenoxy) is 2. The summed E-state index contributed by atoms with van der Waals surface area (Å²) in [5.41, 5.74) is 0.486. The van der Waals surface area contributed by atoms with Gasteiger partial charge < -0.3 is 9.47 Å². The highest BCUT2D eigenvalue weighted by molar-refractivity contribution is 5.05. The fourth-order valence-corrected chi connectivity index (χ4v) is 3.87. The zero-order valence-electron chi connectivity index (χ0n) is 12.8. The Hall–Kier alpha value is -0.120. The molecule has 2 fully saturated rings. The Morgan fingerprint density at radius 3 is 2.17 bits per heavy atom. The Morgan fingerprint density at radius 2 is 1.78 bits per heavy atom. The molecular weight excluding hydrogens is 226 g/mol. The topological polar surface area (TPSA) is 21.7 Å². The van der Waals surface area contributed by atoms with E-state index in [0.717, 1.165) is 0 Å². The number of hydrogen-bond donors (Lipinski definition) is 0. The molecule has 3 heteroatoms. The van der Waals surface area contributed by atoms with E-state index in [4.69, 9.17) is 9.47 Å². The van der Waals surface area contributed by atoms with Crippen molar-refractivity contribution in [2.75, 3.05) is 13.8 Å². The number of piperidine rings is 1. The van der Waals surface area contributed by atoms with E-state index in [2.05, 4.69) is 46.6 Å². The van der Waals surface area contributed by atoms with Gasteiger partial charge in [0.2, 0.25) is 0 Å². The number of hydrogen-bond acceptors (Lipinski definition) is 3. The lowest BCUT2D eigenvalue weighted by atomic mass is 9.64. The van der Waals surface area contributed by atoms with Gasteiger partial charge in [-0.1, -0.05) is 20.8 Å². The van der Waals surface area contributed by atoms with Crippen LogP contribution < -0.4 is 0 Å². The molecule has 4 atom stereocenters. The van der Waals surface area contributed by atoms with E-state index in [0.29, 0.717) is 18.6 Å². The largest absolute Gasteiger partial charge is 0.326 e. The summed E-state index contributed by atoms with van der Waals surface area (Å²) in [6.07, 6.45) is 3.55. The second kappa shape index (κ2) is 4.77. The van der Waals surface area contributed by atoms with Crippen molar-refractivity contribution in [1.29, 1.82) is 0 Å². The summed E-state index contributed by atoms with van der Waals surface area (Å²) in [7, 11) is 2.29. The first-order chi connectivity index (χ1) is 8.39. The van der Waals surface area contributed by atoms with Gasteiger partial charge in [-0.25, -0.2) is 0 Å². The van der Waals surface area contributed by atoms with E-state index in [9.17, 15) is 0 Å². The summed E-state index contributed by atoms with van der Waals surface area (Å²) in [5.74, 6) is 1.11. The lowest BCUT2D eigenvalue weighted by molar-refractivity contribution is -0.356. The quantitative estimate of drug-likeness (QED) is 0.773. The van der Waals surface area contributed by atoms with E-state index < -0.39 is 0 Å². The monoisotopic (exact) mass is 255 g/mol. The third kappa shape index (κ3) is 1.91. The maximum Gasteiger partial charge on any atom is 0.166 e. The Kier molecular flexibility index (Phi) is 3.79. The van der Waals surface area contributed by atoms with Crippen LogP contribution in [0.15, 0.2) is 0 Å².